The van der Waals surface area contributed by atoms with Crippen LogP contribution in [0.5, 0.6) is 0 Å². The average molecular weight is 380 g/mol. The summed E-state index contributed by atoms with van der Waals surface area (Å²) in [5.41, 5.74) is 3.50. The molecular weight excluding hydrogens is 365 g/mol. The van der Waals surface area contributed by atoms with Gasteiger partial charge >= 0.3 is 0 Å². The number of nitrogens with one attached hydrogen (secondary N) is 2. The van der Waals surface area contributed by atoms with Crippen LogP contribution < -0.4 is 5.32 Å². The van der Waals surface area contributed by atoms with E-state index in [4.69, 9.17) is 23.2 Å². The summed E-state index contributed by atoms with van der Waals surface area (Å²) in [5.74, 6) is -0.166. The number of aryl methyl sites for hydroxylation is 1. The molecule has 4 nitrogen and oxygen atoms in total. The maximum Gasteiger partial charge on any atom is 0.237 e. The highest BCUT2D eigenvalue weighted by molar-refractivity contribution is 8.00. The number of benzene rings is 2. The van der Waals surface area contributed by atoms with Crippen LogP contribution >= 0.6 is 35.0 Å². The molecule has 3 aromatic rings. The predicted molar refractivity (Wildman–Crippen MR) is 101 cm³/mol. The second kappa shape index (κ2) is 7.05. The molecule has 2 N–H and O–H groups in total. The number of thioether (sulfide) groups is 1. The molecular formula is C17H15Cl2N3OS. The Labute approximate surface area is 153 Å². The fourth-order valence-electron chi connectivity index (χ4n) is 2.21. The fraction of sp³-hybridized carbons (Fsp3) is 0.176. The van der Waals surface area contributed by atoms with E-state index in [-0.39, 0.29) is 11.2 Å². The number of rotatable bonds is 4. The van der Waals surface area contributed by atoms with Crippen LogP contribution in [0.1, 0.15) is 12.5 Å². The van der Waals surface area contributed by atoms with E-state index in [0.29, 0.717) is 20.9 Å². The van der Waals surface area contributed by atoms with Gasteiger partial charge in [0.2, 0.25) is 5.91 Å². The van der Waals surface area contributed by atoms with E-state index in [9.17, 15) is 4.79 Å². The lowest BCUT2D eigenvalue weighted by Crippen LogP contribution is -2.22. The van der Waals surface area contributed by atoms with E-state index < -0.39 is 0 Å². The highest BCUT2D eigenvalue weighted by Gasteiger charge is 2.18. The van der Waals surface area contributed by atoms with Crippen molar-refractivity contribution < 1.29 is 4.79 Å². The summed E-state index contributed by atoms with van der Waals surface area (Å²) < 4.78 is 0. The predicted octanol–water partition coefficient (Wildman–Crippen LogP) is 5.30. The molecule has 0 saturated carbocycles. The van der Waals surface area contributed by atoms with Gasteiger partial charge in [0.25, 0.3) is 0 Å². The molecule has 124 valence electrons. The summed E-state index contributed by atoms with van der Waals surface area (Å²) >= 11 is 13.4. The first-order chi connectivity index (χ1) is 11.4. The molecule has 3 rings (SSSR count). The van der Waals surface area contributed by atoms with Crippen molar-refractivity contribution in [2.24, 2.45) is 0 Å². The van der Waals surface area contributed by atoms with E-state index in [0.717, 1.165) is 16.6 Å². The number of fused-ring (bicyclic) bond motifs is 1. The van der Waals surface area contributed by atoms with Gasteiger partial charge in [-0.05, 0) is 43.7 Å². The summed E-state index contributed by atoms with van der Waals surface area (Å²) in [7, 11) is 0. The lowest BCUT2D eigenvalue weighted by Gasteiger charge is -2.12. The smallest absolute Gasteiger partial charge is 0.237 e. The number of hydrogen-bond donors (Lipinski definition) is 2. The number of hydrogen-bond acceptors (Lipinski definition) is 3. The van der Waals surface area contributed by atoms with E-state index >= 15 is 0 Å². The molecule has 1 aromatic heterocycles. The fourth-order valence-corrected chi connectivity index (χ4v) is 3.38. The van der Waals surface area contributed by atoms with Gasteiger partial charge in [-0.15, -0.1) is 0 Å². The van der Waals surface area contributed by atoms with E-state index in [1.54, 1.807) is 18.2 Å². The van der Waals surface area contributed by atoms with E-state index in [1.807, 2.05) is 32.0 Å². The first kappa shape index (κ1) is 17.1. The molecule has 1 heterocycles. The summed E-state index contributed by atoms with van der Waals surface area (Å²) in [6, 6.07) is 11.1. The summed E-state index contributed by atoms with van der Waals surface area (Å²) in [6.45, 7) is 3.84. The molecule has 0 aliphatic carbocycles. The lowest BCUT2D eigenvalue weighted by molar-refractivity contribution is -0.115. The Bertz CT molecular complexity index is 910. The number of carbonyl (C=O) groups is 1. The van der Waals surface area contributed by atoms with Gasteiger partial charge in [-0.3, -0.25) is 4.79 Å². The quantitative estimate of drug-likeness (QED) is 0.604. The Morgan fingerprint density at radius 2 is 2.08 bits per heavy atom. The van der Waals surface area contributed by atoms with Gasteiger partial charge in [-0.2, -0.15) is 0 Å². The molecule has 0 fully saturated rings. The number of aromatic nitrogens is 2. The Kier molecular flexibility index (Phi) is 5.04. The third kappa shape index (κ3) is 3.69. The van der Waals surface area contributed by atoms with Crippen molar-refractivity contribution in [1.29, 1.82) is 0 Å². The summed E-state index contributed by atoms with van der Waals surface area (Å²) in [5, 5.41) is 3.90. The van der Waals surface area contributed by atoms with E-state index in [2.05, 4.69) is 15.3 Å². The standard InChI is InChI=1S/C17H15Cl2N3OS/c1-9-6-7-12-14(8-9)22-17(21-12)24-10(2)16(23)20-13-5-3-4-11(18)15(13)19/h3-8,10H,1-2H3,(H,20,23)(H,21,22). The van der Waals surface area contributed by atoms with Crippen LogP contribution in [-0.4, -0.2) is 21.1 Å². The zero-order chi connectivity index (χ0) is 17.3. The van der Waals surface area contributed by atoms with Crippen molar-refractivity contribution in [2.45, 2.75) is 24.3 Å². The number of amides is 1. The number of halogens is 2. The van der Waals surface area contributed by atoms with Gasteiger partial charge in [0.1, 0.15) is 0 Å². The van der Waals surface area contributed by atoms with Crippen molar-refractivity contribution in [3.63, 3.8) is 0 Å². The molecule has 0 spiro atoms. The van der Waals surface area contributed by atoms with Gasteiger partial charge in [0.15, 0.2) is 5.16 Å². The first-order valence-corrected chi connectivity index (χ1v) is 8.95. The highest BCUT2D eigenvalue weighted by Crippen LogP contribution is 2.31. The van der Waals surface area contributed by atoms with Crippen LogP contribution in [0, 0.1) is 6.92 Å². The lowest BCUT2D eigenvalue weighted by atomic mass is 10.2. The van der Waals surface area contributed by atoms with Crippen LogP contribution in [0.4, 0.5) is 5.69 Å². The summed E-state index contributed by atoms with van der Waals surface area (Å²) in [4.78, 5) is 20.1. The second-order valence-electron chi connectivity index (χ2n) is 5.41. The molecule has 2 aromatic carbocycles. The molecule has 7 heteroatoms. The zero-order valence-corrected chi connectivity index (χ0v) is 15.4. The topological polar surface area (TPSA) is 57.8 Å². The Morgan fingerprint density at radius 3 is 2.88 bits per heavy atom. The second-order valence-corrected chi connectivity index (χ2v) is 7.53. The maximum atomic E-state index is 12.4. The molecule has 0 saturated heterocycles. The number of anilines is 1. The largest absolute Gasteiger partial charge is 0.333 e. The Balaban J connectivity index is 1.72. The van der Waals surface area contributed by atoms with Crippen molar-refractivity contribution in [1.82, 2.24) is 9.97 Å². The normalized spacial score (nSPS) is 12.3. The molecule has 1 unspecified atom stereocenters. The highest BCUT2D eigenvalue weighted by atomic mass is 35.5. The van der Waals surface area contributed by atoms with Gasteiger partial charge in [0, 0.05) is 0 Å². The third-order valence-corrected chi connectivity index (χ3v) is 5.29. The van der Waals surface area contributed by atoms with Crippen LogP contribution in [0.2, 0.25) is 10.0 Å². The van der Waals surface area contributed by atoms with Gasteiger partial charge in [0.05, 0.1) is 32.0 Å². The third-order valence-electron chi connectivity index (χ3n) is 3.48. The molecule has 0 aliphatic rings. The number of nitrogens with zero attached hydrogens (tertiary/aromatic N) is 1. The van der Waals surface area contributed by atoms with E-state index in [1.165, 1.54) is 11.8 Å². The zero-order valence-electron chi connectivity index (χ0n) is 13.1. The number of H-pyrrole nitrogens is 1. The molecule has 24 heavy (non-hydrogen) atoms. The number of aromatic amines is 1. The van der Waals surface area contributed by atoms with Crippen LogP contribution in [0.3, 0.4) is 0 Å². The minimum atomic E-state index is -0.346. The minimum absolute atomic E-state index is 0.166. The average Bonchev–Trinajstić information content (AvgIpc) is 2.93. The van der Waals surface area contributed by atoms with Crippen molar-refractivity contribution in [3.05, 3.63) is 52.0 Å². The Hall–Kier alpha value is -1.69. The maximum absolute atomic E-state index is 12.4. The first-order valence-electron chi connectivity index (χ1n) is 7.32. The molecule has 0 aliphatic heterocycles. The number of carbonyl (C=O) groups excluding carboxylic acids is 1. The van der Waals surface area contributed by atoms with Gasteiger partial charge < -0.3 is 10.3 Å². The van der Waals surface area contributed by atoms with Crippen LogP contribution in [0.25, 0.3) is 11.0 Å². The molecule has 0 bridgehead atoms. The van der Waals surface area contributed by atoms with Crippen molar-refractivity contribution in [3.8, 4) is 0 Å². The SMILES string of the molecule is Cc1ccc2nc(SC(C)C(=O)Nc3cccc(Cl)c3Cl)[nH]c2c1. The Morgan fingerprint density at radius 1 is 1.29 bits per heavy atom. The van der Waals surface area contributed by atoms with Crippen molar-refractivity contribution >= 4 is 57.6 Å². The monoisotopic (exact) mass is 379 g/mol. The minimum Gasteiger partial charge on any atom is -0.333 e. The van der Waals surface area contributed by atoms with Gasteiger partial charge in [-0.25, -0.2) is 4.98 Å². The molecule has 0 radical (unpaired) electrons. The molecule has 1 amide bonds. The summed E-state index contributed by atoms with van der Waals surface area (Å²) in [6.07, 6.45) is 0. The van der Waals surface area contributed by atoms with Crippen LogP contribution in [0.15, 0.2) is 41.6 Å². The number of imidazole rings is 1. The van der Waals surface area contributed by atoms with Crippen LogP contribution in [-0.2, 0) is 4.79 Å². The van der Waals surface area contributed by atoms with Gasteiger partial charge in [-0.1, -0.05) is 47.1 Å². The molecule has 1 atom stereocenters. The van der Waals surface area contributed by atoms with Crippen molar-refractivity contribution in [2.75, 3.05) is 5.32 Å².